The van der Waals surface area contributed by atoms with E-state index in [1.165, 1.54) is 11.1 Å². The van der Waals surface area contributed by atoms with E-state index in [2.05, 4.69) is 41.5 Å². The van der Waals surface area contributed by atoms with Crippen molar-refractivity contribution in [2.75, 3.05) is 6.54 Å². The van der Waals surface area contributed by atoms with Crippen LogP contribution in [0.4, 0.5) is 0 Å². The number of aliphatic hydroxyl groups is 1. The number of carbonyl (C=O) groups excluding carboxylic acids is 1. The standard InChI is InChI=1S/C23H27N3O3/c1-15-2-4-16(5-3-15)12-13-24-22(28)17-6-11-21-20(14-17)25-23(29)26(21)18-7-9-19(27)10-8-18/h2-6,11,14,18-19,27H,7-10,12-13H2,1H3,(H,24,28)(H,25,29). The van der Waals surface area contributed by atoms with Crippen LogP contribution in [0.2, 0.25) is 0 Å². The molecule has 0 spiro atoms. The maximum absolute atomic E-state index is 12.5. The third-order valence-corrected chi connectivity index (χ3v) is 5.83. The molecule has 0 radical (unpaired) electrons. The molecule has 0 atom stereocenters. The van der Waals surface area contributed by atoms with E-state index in [0.717, 1.165) is 24.8 Å². The second kappa shape index (κ2) is 8.25. The lowest BCUT2D eigenvalue weighted by Gasteiger charge is -2.26. The first kappa shape index (κ1) is 19.5. The lowest BCUT2D eigenvalue weighted by atomic mass is 9.93. The van der Waals surface area contributed by atoms with Crippen molar-refractivity contribution < 1.29 is 9.90 Å². The van der Waals surface area contributed by atoms with Crippen molar-refractivity contribution in [2.24, 2.45) is 0 Å². The van der Waals surface area contributed by atoms with Gasteiger partial charge in [0.25, 0.3) is 5.91 Å². The third-order valence-electron chi connectivity index (χ3n) is 5.83. The van der Waals surface area contributed by atoms with Gasteiger partial charge in [-0.2, -0.15) is 0 Å². The molecular formula is C23H27N3O3. The number of aliphatic hydroxyl groups excluding tert-OH is 1. The number of aromatic amines is 1. The summed E-state index contributed by atoms with van der Waals surface area (Å²) in [6.45, 7) is 2.61. The second-order valence-corrected chi connectivity index (χ2v) is 7.99. The average molecular weight is 393 g/mol. The molecule has 0 saturated heterocycles. The molecule has 1 amide bonds. The Morgan fingerprint density at radius 1 is 1.14 bits per heavy atom. The monoisotopic (exact) mass is 393 g/mol. The fourth-order valence-corrected chi connectivity index (χ4v) is 4.13. The van der Waals surface area contributed by atoms with E-state index in [1.54, 1.807) is 16.7 Å². The number of hydrogen-bond donors (Lipinski definition) is 3. The van der Waals surface area contributed by atoms with Gasteiger partial charge < -0.3 is 15.4 Å². The fraction of sp³-hybridized carbons (Fsp3) is 0.391. The molecule has 2 aromatic carbocycles. The Morgan fingerprint density at radius 2 is 1.86 bits per heavy atom. The number of nitrogens with zero attached hydrogens (tertiary/aromatic N) is 1. The van der Waals surface area contributed by atoms with Gasteiger partial charge >= 0.3 is 5.69 Å². The predicted molar refractivity (Wildman–Crippen MR) is 113 cm³/mol. The number of nitrogens with one attached hydrogen (secondary N) is 2. The van der Waals surface area contributed by atoms with Crippen LogP contribution in [-0.4, -0.2) is 33.2 Å². The van der Waals surface area contributed by atoms with Crippen LogP contribution in [0.25, 0.3) is 11.0 Å². The van der Waals surface area contributed by atoms with Crippen LogP contribution >= 0.6 is 0 Å². The minimum atomic E-state index is -0.262. The van der Waals surface area contributed by atoms with Gasteiger partial charge in [0.05, 0.1) is 17.1 Å². The summed E-state index contributed by atoms with van der Waals surface area (Å²) in [6.07, 6.45) is 3.51. The molecule has 1 saturated carbocycles. The first-order chi connectivity index (χ1) is 14.0. The van der Waals surface area contributed by atoms with Crippen LogP contribution in [-0.2, 0) is 6.42 Å². The van der Waals surface area contributed by atoms with Crippen LogP contribution < -0.4 is 11.0 Å². The van der Waals surface area contributed by atoms with Crippen LogP contribution in [0.15, 0.2) is 47.3 Å². The number of aromatic nitrogens is 2. The van der Waals surface area contributed by atoms with Gasteiger partial charge in [0.2, 0.25) is 0 Å². The Kier molecular flexibility index (Phi) is 5.53. The molecule has 1 aliphatic rings. The van der Waals surface area contributed by atoms with Crippen molar-refractivity contribution in [1.29, 1.82) is 0 Å². The first-order valence-corrected chi connectivity index (χ1v) is 10.3. The molecule has 6 heteroatoms. The van der Waals surface area contributed by atoms with Crippen LogP contribution in [0.3, 0.4) is 0 Å². The van der Waals surface area contributed by atoms with Gasteiger partial charge in [0.1, 0.15) is 0 Å². The van der Waals surface area contributed by atoms with E-state index in [0.29, 0.717) is 30.5 Å². The summed E-state index contributed by atoms with van der Waals surface area (Å²) in [4.78, 5) is 27.9. The Labute approximate surface area is 169 Å². The molecule has 1 aromatic heterocycles. The highest BCUT2D eigenvalue weighted by molar-refractivity contribution is 5.97. The van der Waals surface area contributed by atoms with Crippen LogP contribution in [0, 0.1) is 6.92 Å². The maximum Gasteiger partial charge on any atom is 0.326 e. The third kappa shape index (κ3) is 4.27. The molecule has 0 bridgehead atoms. The van der Waals surface area contributed by atoms with Crippen molar-refractivity contribution in [2.45, 2.75) is 51.2 Å². The molecule has 3 N–H and O–H groups in total. The van der Waals surface area contributed by atoms with Gasteiger partial charge in [-0.3, -0.25) is 9.36 Å². The fourth-order valence-electron chi connectivity index (χ4n) is 4.13. The number of benzene rings is 2. The molecule has 152 valence electrons. The van der Waals surface area contributed by atoms with Crippen molar-refractivity contribution >= 4 is 16.9 Å². The average Bonchev–Trinajstić information content (AvgIpc) is 3.05. The van der Waals surface area contributed by atoms with E-state index >= 15 is 0 Å². The first-order valence-electron chi connectivity index (χ1n) is 10.3. The van der Waals surface area contributed by atoms with Gasteiger partial charge in [-0.1, -0.05) is 29.8 Å². The van der Waals surface area contributed by atoms with Crippen molar-refractivity contribution in [1.82, 2.24) is 14.9 Å². The van der Waals surface area contributed by atoms with E-state index < -0.39 is 0 Å². The van der Waals surface area contributed by atoms with Crippen LogP contribution in [0.5, 0.6) is 0 Å². The molecule has 1 heterocycles. The summed E-state index contributed by atoms with van der Waals surface area (Å²) < 4.78 is 1.78. The minimum Gasteiger partial charge on any atom is -0.393 e. The van der Waals surface area contributed by atoms with Crippen molar-refractivity contribution in [3.8, 4) is 0 Å². The highest BCUT2D eigenvalue weighted by atomic mass is 16.3. The topological polar surface area (TPSA) is 87.1 Å². The predicted octanol–water partition coefficient (Wildman–Crippen LogP) is 3.09. The summed E-state index contributed by atoms with van der Waals surface area (Å²) in [6, 6.07) is 13.7. The highest BCUT2D eigenvalue weighted by Gasteiger charge is 2.24. The zero-order valence-corrected chi connectivity index (χ0v) is 16.6. The van der Waals surface area contributed by atoms with Gasteiger partial charge in [0, 0.05) is 18.2 Å². The lowest BCUT2D eigenvalue weighted by Crippen LogP contribution is -2.27. The molecule has 1 fully saturated rings. The molecule has 3 aromatic rings. The van der Waals surface area contributed by atoms with Gasteiger partial charge in [-0.15, -0.1) is 0 Å². The zero-order chi connectivity index (χ0) is 20.4. The molecule has 1 aliphatic carbocycles. The summed E-state index contributed by atoms with van der Waals surface area (Å²) in [5.74, 6) is -0.145. The number of hydrogen-bond acceptors (Lipinski definition) is 3. The molecule has 0 unspecified atom stereocenters. The normalized spacial score (nSPS) is 19.4. The number of aryl methyl sites for hydroxylation is 1. The summed E-state index contributed by atoms with van der Waals surface area (Å²) >= 11 is 0. The van der Waals surface area contributed by atoms with Gasteiger partial charge in [-0.25, -0.2) is 4.79 Å². The molecule has 29 heavy (non-hydrogen) atoms. The Morgan fingerprint density at radius 3 is 2.59 bits per heavy atom. The number of fused-ring (bicyclic) bond motifs is 1. The molecule has 0 aliphatic heterocycles. The van der Waals surface area contributed by atoms with Gasteiger partial charge in [0.15, 0.2) is 0 Å². The highest BCUT2D eigenvalue weighted by Crippen LogP contribution is 2.29. The number of imidazole rings is 1. The summed E-state index contributed by atoms with van der Waals surface area (Å²) in [7, 11) is 0. The Bertz CT molecular complexity index is 1060. The number of rotatable bonds is 5. The molecule has 4 rings (SSSR count). The summed E-state index contributed by atoms with van der Waals surface area (Å²) in [5.41, 5.74) is 4.27. The van der Waals surface area contributed by atoms with E-state index in [4.69, 9.17) is 0 Å². The van der Waals surface area contributed by atoms with E-state index in [-0.39, 0.29) is 23.7 Å². The van der Waals surface area contributed by atoms with E-state index in [9.17, 15) is 14.7 Å². The smallest absolute Gasteiger partial charge is 0.326 e. The van der Waals surface area contributed by atoms with Gasteiger partial charge in [-0.05, 0) is 62.8 Å². The van der Waals surface area contributed by atoms with Crippen molar-refractivity contribution in [3.05, 3.63) is 69.6 Å². The molecule has 6 nitrogen and oxygen atoms in total. The minimum absolute atomic E-state index is 0.0915. The maximum atomic E-state index is 12.5. The SMILES string of the molecule is Cc1ccc(CCNC(=O)c2ccc3c(c2)[nH]c(=O)n3C2CCC(O)CC2)cc1. The summed E-state index contributed by atoms with van der Waals surface area (Å²) in [5, 5.41) is 12.7. The number of carbonyl (C=O) groups is 1. The lowest BCUT2D eigenvalue weighted by molar-refractivity contribution is 0.0954. The zero-order valence-electron chi connectivity index (χ0n) is 16.6. The number of H-pyrrole nitrogens is 1. The quantitative estimate of drug-likeness (QED) is 0.623. The number of amides is 1. The largest absolute Gasteiger partial charge is 0.393 e. The van der Waals surface area contributed by atoms with E-state index in [1.807, 2.05) is 6.07 Å². The molecular weight excluding hydrogens is 366 g/mol. The Hall–Kier alpha value is -2.86. The van der Waals surface area contributed by atoms with Crippen molar-refractivity contribution in [3.63, 3.8) is 0 Å². The Balaban J connectivity index is 1.45. The van der Waals surface area contributed by atoms with Crippen LogP contribution in [0.1, 0.15) is 53.2 Å². The second-order valence-electron chi connectivity index (χ2n) is 7.99.